The molecule has 3 rings (SSSR count). The summed E-state index contributed by atoms with van der Waals surface area (Å²) in [6.45, 7) is 3.98. The summed E-state index contributed by atoms with van der Waals surface area (Å²) in [7, 11) is 0. The van der Waals surface area contributed by atoms with Crippen LogP contribution in [-0.4, -0.2) is 26.3 Å². The molecule has 0 spiro atoms. The van der Waals surface area contributed by atoms with E-state index >= 15 is 0 Å². The number of halogens is 1. The summed E-state index contributed by atoms with van der Waals surface area (Å²) in [6.07, 6.45) is 0. The Labute approximate surface area is 166 Å². The number of amides is 1. The topological polar surface area (TPSA) is 79.9 Å². The van der Waals surface area contributed by atoms with Crippen LogP contribution in [-0.2, 0) is 11.4 Å². The van der Waals surface area contributed by atoms with Crippen molar-refractivity contribution in [2.75, 3.05) is 5.32 Å². The van der Waals surface area contributed by atoms with Crippen molar-refractivity contribution in [2.45, 2.75) is 30.9 Å². The minimum atomic E-state index is -0.339. The lowest BCUT2D eigenvalue weighted by atomic mass is 10.2. The van der Waals surface area contributed by atoms with Gasteiger partial charge in [0.15, 0.2) is 5.82 Å². The highest BCUT2D eigenvalue weighted by Crippen LogP contribution is 2.23. The standard InChI is InChI=1S/C19H19ClN4O2S/c1-12-10-15(8-9-16(12)20)26-11-17-22-19(24-23-17)27-13(2)18(25)21-14-6-4-3-5-7-14/h3-10,13H,11H2,1-2H3,(H,21,25)(H,22,23,24)/t13-/m1/s1. The lowest BCUT2D eigenvalue weighted by Crippen LogP contribution is -2.22. The van der Waals surface area contributed by atoms with Gasteiger partial charge in [0, 0.05) is 10.7 Å². The number of anilines is 1. The third-order valence-electron chi connectivity index (χ3n) is 3.71. The molecule has 0 saturated heterocycles. The van der Waals surface area contributed by atoms with E-state index in [0.29, 0.717) is 21.8 Å². The number of benzene rings is 2. The normalized spacial score (nSPS) is 11.8. The first-order chi connectivity index (χ1) is 13.0. The molecule has 27 heavy (non-hydrogen) atoms. The molecule has 8 heteroatoms. The van der Waals surface area contributed by atoms with Crippen molar-refractivity contribution in [3.63, 3.8) is 0 Å². The van der Waals surface area contributed by atoms with Gasteiger partial charge in [0.05, 0.1) is 5.25 Å². The van der Waals surface area contributed by atoms with E-state index in [-0.39, 0.29) is 17.8 Å². The number of ether oxygens (including phenoxy) is 1. The molecule has 1 aromatic heterocycles. The summed E-state index contributed by atoms with van der Waals surface area (Å²) in [6, 6.07) is 14.8. The van der Waals surface area contributed by atoms with Crippen LogP contribution < -0.4 is 10.1 Å². The molecule has 1 heterocycles. The molecule has 0 aliphatic heterocycles. The Bertz CT molecular complexity index is 917. The number of aromatic amines is 1. The number of hydrogen-bond acceptors (Lipinski definition) is 5. The van der Waals surface area contributed by atoms with Crippen LogP contribution in [0.2, 0.25) is 5.02 Å². The van der Waals surface area contributed by atoms with E-state index in [1.807, 2.05) is 50.2 Å². The maximum Gasteiger partial charge on any atom is 0.237 e. The van der Waals surface area contributed by atoms with Crippen molar-refractivity contribution in [1.82, 2.24) is 15.2 Å². The van der Waals surface area contributed by atoms with Gasteiger partial charge in [-0.15, -0.1) is 5.10 Å². The number of carbonyl (C=O) groups is 1. The zero-order chi connectivity index (χ0) is 19.2. The highest BCUT2D eigenvalue weighted by Gasteiger charge is 2.17. The molecule has 140 valence electrons. The predicted molar refractivity (Wildman–Crippen MR) is 107 cm³/mol. The third kappa shape index (κ3) is 5.48. The third-order valence-corrected chi connectivity index (χ3v) is 5.09. The van der Waals surface area contributed by atoms with Gasteiger partial charge in [-0.1, -0.05) is 41.6 Å². The van der Waals surface area contributed by atoms with E-state index in [9.17, 15) is 4.79 Å². The highest BCUT2D eigenvalue weighted by atomic mass is 35.5. The number of hydrogen-bond donors (Lipinski definition) is 2. The molecule has 2 N–H and O–H groups in total. The van der Waals surface area contributed by atoms with E-state index in [1.54, 1.807) is 12.1 Å². The van der Waals surface area contributed by atoms with Crippen molar-refractivity contribution >= 4 is 35.0 Å². The molecule has 1 atom stereocenters. The average Bonchev–Trinajstić information content (AvgIpc) is 3.11. The van der Waals surface area contributed by atoms with Crippen molar-refractivity contribution in [3.05, 3.63) is 64.9 Å². The Kier molecular flexibility index (Phi) is 6.36. The molecule has 0 unspecified atom stereocenters. The van der Waals surface area contributed by atoms with Gasteiger partial charge in [-0.25, -0.2) is 4.98 Å². The lowest BCUT2D eigenvalue weighted by molar-refractivity contribution is -0.115. The fourth-order valence-corrected chi connectivity index (χ4v) is 3.09. The van der Waals surface area contributed by atoms with E-state index in [2.05, 4.69) is 20.5 Å². The molecule has 0 aliphatic rings. The number of nitrogens with one attached hydrogen (secondary N) is 2. The maximum absolute atomic E-state index is 12.3. The summed E-state index contributed by atoms with van der Waals surface area (Å²) in [5, 5.41) is 10.7. The van der Waals surface area contributed by atoms with Crippen LogP contribution in [0.4, 0.5) is 5.69 Å². The maximum atomic E-state index is 12.3. The number of rotatable bonds is 7. The van der Waals surface area contributed by atoms with Crippen molar-refractivity contribution < 1.29 is 9.53 Å². The molecule has 0 aliphatic carbocycles. The first-order valence-corrected chi connectivity index (χ1v) is 9.60. The molecule has 0 radical (unpaired) electrons. The van der Waals surface area contributed by atoms with Gasteiger partial charge in [-0.2, -0.15) is 0 Å². The molecule has 1 amide bonds. The highest BCUT2D eigenvalue weighted by molar-refractivity contribution is 8.00. The number of H-pyrrole nitrogens is 1. The SMILES string of the molecule is Cc1cc(OCc2nc(S[C@H](C)C(=O)Nc3ccccc3)n[nH]2)ccc1Cl. The Morgan fingerprint density at radius 2 is 2.07 bits per heavy atom. The van der Waals surface area contributed by atoms with E-state index in [1.165, 1.54) is 11.8 Å². The second-order valence-electron chi connectivity index (χ2n) is 5.88. The van der Waals surface area contributed by atoms with Gasteiger partial charge in [0.1, 0.15) is 12.4 Å². The molecular weight excluding hydrogens is 384 g/mol. The van der Waals surface area contributed by atoms with Crippen LogP contribution in [0.3, 0.4) is 0 Å². The second-order valence-corrected chi connectivity index (χ2v) is 7.59. The largest absolute Gasteiger partial charge is 0.486 e. The molecular formula is C19H19ClN4O2S. The van der Waals surface area contributed by atoms with Crippen molar-refractivity contribution in [3.8, 4) is 5.75 Å². The van der Waals surface area contributed by atoms with Gasteiger partial charge in [-0.3, -0.25) is 9.89 Å². The minimum Gasteiger partial charge on any atom is -0.486 e. The summed E-state index contributed by atoms with van der Waals surface area (Å²) >= 11 is 7.29. The van der Waals surface area contributed by atoms with Gasteiger partial charge in [0.2, 0.25) is 11.1 Å². The number of thioether (sulfide) groups is 1. The number of aryl methyl sites for hydroxylation is 1. The monoisotopic (exact) mass is 402 g/mol. The van der Waals surface area contributed by atoms with Crippen LogP contribution in [0.1, 0.15) is 18.3 Å². The summed E-state index contributed by atoms with van der Waals surface area (Å²) in [5.41, 5.74) is 1.71. The van der Waals surface area contributed by atoms with Gasteiger partial charge < -0.3 is 10.1 Å². The van der Waals surface area contributed by atoms with Gasteiger partial charge in [0.25, 0.3) is 0 Å². The summed E-state index contributed by atoms with van der Waals surface area (Å²) in [4.78, 5) is 16.6. The second kappa shape index (κ2) is 8.92. The Hall–Kier alpha value is -2.51. The Morgan fingerprint density at radius 3 is 2.81 bits per heavy atom. The van der Waals surface area contributed by atoms with Crippen molar-refractivity contribution in [1.29, 1.82) is 0 Å². The summed E-state index contributed by atoms with van der Waals surface area (Å²) < 4.78 is 5.69. The van der Waals surface area contributed by atoms with Crippen LogP contribution in [0, 0.1) is 6.92 Å². The van der Waals surface area contributed by atoms with E-state index in [4.69, 9.17) is 16.3 Å². The number of para-hydroxylation sites is 1. The van der Waals surface area contributed by atoms with E-state index in [0.717, 1.165) is 11.3 Å². The first-order valence-electron chi connectivity index (χ1n) is 8.34. The Morgan fingerprint density at radius 1 is 1.30 bits per heavy atom. The van der Waals surface area contributed by atoms with Crippen molar-refractivity contribution in [2.24, 2.45) is 0 Å². The fraction of sp³-hybridized carbons (Fsp3) is 0.211. The van der Waals surface area contributed by atoms with Gasteiger partial charge >= 0.3 is 0 Å². The van der Waals surface area contributed by atoms with Crippen LogP contribution in [0.5, 0.6) is 5.75 Å². The Balaban J connectivity index is 1.52. The van der Waals surface area contributed by atoms with Crippen LogP contribution in [0.25, 0.3) is 0 Å². The zero-order valence-corrected chi connectivity index (χ0v) is 16.5. The minimum absolute atomic E-state index is 0.106. The van der Waals surface area contributed by atoms with Crippen LogP contribution in [0.15, 0.2) is 53.7 Å². The number of aromatic nitrogens is 3. The molecule has 0 fully saturated rings. The lowest BCUT2D eigenvalue weighted by Gasteiger charge is -2.09. The predicted octanol–water partition coefficient (Wildman–Crippen LogP) is 4.46. The quantitative estimate of drug-likeness (QED) is 0.570. The first kappa shape index (κ1) is 19.3. The summed E-state index contributed by atoms with van der Waals surface area (Å²) in [5.74, 6) is 1.18. The number of nitrogens with zero attached hydrogens (tertiary/aromatic N) is 2. The molecule has 0 saturated carbocycles. The zero-order valence-electron chi connectivity index (χ0n) is 14.9. The van der Waals surface area contributed by atoms with Crippen LogP contribution >= 0.6 is 23.4 Å². The molecule has 2 aromatic carbocycles. The fourth-order valence-electron chi connectivity index (χ4n) is 2.23. The molecule has 0 bridgehead atoms. The molecule has 3 aromatic rings. The van der Waals surface area contributed by atoms with Gasteiger partial charge in [-0.05, 0) is 49.7 Å². The smallest absolute Gasteiger partial charge is 0.237 e. The van der Waals surface area contributed by atoms with E-state index < -0.39 is 0 Å². The molecule has 6 nitrogen and oxygen atoms in total. The number of carbonyl (C=O) groups excluding carboxylic acids is 1. The average molecular weight is 403 g/mol.